The minimum Gasteiger partial charge on any atom is -0.494 e. The number of anilines is 3. The van der Waals surface area contributed by atoms with Crippen molar-refractivity contribution < 1.29 is 38.1 Å². The average molecular weight is 720 g/mol. The molecule has 2 aromatic carbocycles. The summed E-state index contributed by atoms with van der Waals surface area (Å²) in [4.78, 5) is 54.5. The van der Waals surface area contributed by atoms with Crippen LogP contribution in [-0.2, 0) is 20.8 Å². The molecular formula is C37H49N7O8. The summed E-state index contributed by atoms with van der Waals surface area (Å²) in [5.41, 5.74) is 1.11. The van der Waals surface area contributed by atoms with Crippen LogP contribution in [0.5, 0.6) is 17.5 Å². The van der Waals surface area contributed by atoms with E-state index in [1.807, 2.05) is 31.2 Å². The van der Waals surface area contributed by atoms with Crippen LogP contribution in [-0.4, -0.2) is 89.0 Å². The molecule has 4 heterocycles. The van der Waals surface area contributed by atoms with Crippen molar-refractivity contribution in [2.24, 2.45) is 5.92 Å². The second-order valence-electron chi connectivity index (χ2n) is 13.5. The molecule has 15 heteroatoms. The standard InChI is InChI=1S/C37H49N7O8/c1-6-48-32(46)28-22-44(36(47)52-37(3,4)5)23-29(28)40-31(45)27-17-14-25-20-30(27)51-19-11-9-8-10-18-50-26-15-12-24(13-16-26)21-38-33-41-34(39-25)43-35(42-33)49-7-2/h12-17,20,28-29H,6-11,18-19,21-23H2,1-5H3,(H,40,45)(H2,38,39,41,42,43)/t28-,29+/m0/s1. The van der Waals surface area contributed by atoms with E-state index in [0.717, 1.165) is 37.0 Å². The topological polar surface area (TPSA) is 175 Å². The Bertz CT molecular complexity index is 1680. The molecule has 0 aliphatic carbocycles. The van der Waals surface area contributed by atoms with Crippen LogP contribution in [0.3, 0.4) is 0 Å². The Hall–Kier alpha value is -5.34. The number of nitrogens with one attached hydrogen (secondary N) is 3. The van der Waals surface area contributed by atoms with Gasteiger partial charge in [-0.25, -0.2) is 4.79 Å². The Morgan fingerprint density at radius 3 is 2.35 bits per heavy atom. The summed E-state index contributed by atoms with van der Waals surface area (Å²) in [6, 6.07) is 12.3. The van der Waals surface area contributed by atoms with Gasteiger partial charge >= 0.3 is 18.1 Å². The zero-order valence-electron chi connectivity index (χ0n) is 30.5. The van der Waals surface area contributed by atoms with Gasteiger partial charge in [-0.1, -0.05) is 12.1 Å². The van der Waals surface area contributed by atoms with Crippen LogP contribution in [0.4, 0.5) is 22.4 Å². The Labute approximate surface area is 304 Å². The van der Waals surface area contributed by atoms with Gasteiger partial charge in [-0.2, -0.15) is 15.0 Å². The summed E-state index contributed by atoms with van der Waals surface area (Å²) < 4.78 is 28.6. The number of hydrogen-bond acceptors (Lipinski definition) is 13. The molecule has 6 bridgehead atoms. The van der Waals surface area contributed by atoms with Crippen molar-refractivity contribution in [2.45, 2.75) is 78.5 Å². The van der Waals surface area contributed by atoms with E-state index < -0.39 is 35.5 Å². The predicted molar refractivity (Wildman–Crippen MR) is 193 cm³/mol. The summed E-state index contributed by atoms with van der Waals surface area (Å²) >= 11 is 0. The number of amides is 2. The highest BCUT2D eigenvalue weighted by molar-refractivity contribution is 5.98. The molecule has 2 amide bonds. The van der Waals surface area contributed by atoms with Crippen molar-refractivity contribution in [3.05, 3.63) is 53.6 Å². The van der Waals surface area contributed by atoms with Gasteiger partial charge in [0.2, 0.25) is 11.9 Å². The summed E-state index contributed by atoms with van der Waals surface area (Å²) in [6.45, 7) is 10.9. The van der Waals surface area contributed by atoms with Crippen LogP contribution in [0.1, 0.15) is 76.2 Å². The number of hydrogen-bond donors (Lipinski definition) is 3. The fourth-order valence-electron chi connectivity index (χ4n) is 5.70. The molecule has 1 saturated heterocycles. The monoisotopic (exact) mass is 719 g/mol. The first-order valence-corrected chi connectivity index (χ1v) is 17.8. The van der Waals surface area contributed by atoms with E-state index in [2.05, 4.69) is 30.9 Å². The molecule has 3 N–H and O–H groups in total. The van der Waals surface area contributed by atoms with Crippen molar-refractivity contribution in [2.75, 3.05) is 50.2 Å². The van der Waals surface area contributed by atoms with E-state index in [9.17, 15) is 14.4 Å². The molecule has 3 aliphatic heterocycles. The van der Waals surface area contributed by atoms with Crippen molar-refractivity contribution in [3.63, 3.8) is 0 Å². The number of aromatic nitrogens is 3. The van der Waals surface area contributed by atoms with Crippen molar-refractivity contribution in [3.8, 4) is 17.5 Å². The lowest BCUT2D eigenvalue weighted by Crippen LogP contribution is -2.44. The minimum atomic E-state index is -0.778. The van der Waals surface area contributed by atoms with Crippen molar-refractivity contribution >= 4 is 35.6 Å². The first-order chi connectivity index (χ1) is 25.0. The first kappa shape index (κ1) is 37.9. The van der Waals surface area contributed by atoms with Gasteiger partial charge in [0.05, 0.1) is 44.0 Å². The van der Waals surface area contributed by atoms with E-state index in [0.29, 0.717) is 43.8 Å². The molecule has 6 rings (SSSR count). The highest BCUT2D eigenvalue weighted by Crippen LogP contribution is 2.28. The maximum absolute atomic E-state index is 13.9. The molecule has 52 heavy (non-hydrogen) atoms. The molecule has 0 saturated carbocycles. The maximum Gasteiger partial charge on any atom is 0.410 e. The molecule has 280 valence electrons. The average Bonchev–Trinajstić information content (AvgIpc) is 3.52. The van der Waals surface area contributed by atoms with Gasteiger partial charge < -0.3 is 44.5 Å². The van der Waals surface area contributed by atoms with Crippen LogP contribution < -0.4 is 30.2 Å². The van der Waals surface area contributed by atoms with Gasteiger partial charge in [0.25, 0.3) is 5.91 Å². The van der Waals surface area contributed by atoms with Gasteiger partial charge in [0.15, 0.2) is 0 Å². The number of esters is 1. The lowest BCUT2D eigenvalue weighted by Gasteiger charge is -2.24. The van der Waals surface area contributed by atoms with Gasteiger partial charge in [0.1, 0.15) is 17.1 Å². The fraction of sp³-hybridized carbons (Fsp3) is 0.514. The van der Waals surface area contributed by atoms with Gasteiger partial charge in [-0.15, -0.1) is 0 Å². The molecule has 1 aromatic heterocycles. The molecule has 3 aliphatic rings. The number of rotatable bonds is 6. The third-order valence-electron chi connectivity index (χ3n) is 8.19. The quantitative estimate of drug-likeness (QED) is 0.273. The summed E-state index contributed by atoms with van der Waals surface area (Å²) in [7, 11) is 0. The predicted octanol–water partition coefficient (Wildman–Crippen LogP) is 5.49. The Balaban J connectivity index is 1.39. The van der Waals surface area contributed by atoms with Crippen molar-refractivity contribution in [1.29, 1.82) is 0 Å². The lowest BCUT2D eigenvalue weighted by atomic mass is 10.0. The number of fused-ring (bicyclic) bond motifs is 10. The Morgan fingerprint density at radius 1 is 0.904 bits per heavy atom. The molecule has 0 spiro atoms. The number of likely N-dealkylation sites (tertiary alicyclic amines) is 1. The summed E-state index contributed by atoms with van der Waals surface area (Å²) in [5.74, 6) is -0.0805. The van der Waals surface area contributed by atoms with Gasteiger partial charge in [-0.3, -0.25) is 9.59 Å². The molecule has 2 atom stereocenters. The van der Waals surface area contributed by atoms with E-state index in [1.165, 1.54) is 4.90 Å². The van der Waals surface area contributed by atoms with E-state index >= 15 is 0 Å². The molecule has 3 aromatic rings. The number of carbonyl (C=O) groups excluding carboxylic acids is 3. The zero-order valence-corrected chi connectivity index (χ0v) is 30.5. The zero-order chi connectivity index (χ0) is 37.1. The number of carbonyl (C=O) groups is 3. The van der Waals surface area contributed by atoms with E-state index in [1.54, 1.807) is 45.9 Å². The summed E-state index contributed by atoms with van der Waals surface area (Å²) in [6.07, 6.45) is 2.94. The largest absolute Gasteiger partial charge is 0.494 e. The third kappa shape index (κ3) is 10.8. The first-order valence-electron chi connectivity index (χ1n) is 17.8. The fourth-order valence-corrected chi connectivity index (χ4v) is 5.70. The highest BCUT2D eigenvalue weighted by atomic mass is 16.6. The lowest BCUT2D eigenvalue weighted by molar-refractivity contribution is -0.148. The van der Waals surface area contributed by atoms with E-state index in [4.69, 9.17) is 23.7 Å². The number of benzene rings is 2. The molecular weight excluding hydrogens is 670 g/mol. The molecule has 0 radical (unpaired) electrons. The molecule has 0 unspecified atom stereocenters. The molecule has 1 fully saturated rings. The van der Waals surface area contributed by atoms with Crippen LogP contribution >= 0.6 is 0 Å². The van der Waals surface area contributed by atoms with Crippen molar-refractivity contribution in [1.82, 2.24) is 25.2 Å². The SMILES string of the molecule is CCOC(=O)[C@H]1CN(C(=O)OC(C)(C)C)C[C@H]1NC(=O)c1ccc2cc1OCCCCCCOc1ccc(cc1)CNc1nc(nc(OCC)n1)N2. The normalized spacial score (nSPS) is 18.0. The second-order valence-corrected chi connectivity index (χ2v) is 13.5. The van der Waals surface area contributed by atoms with Gasteiger partial charge in [-0.05, 0) is 90.1 Å². The van der Waals surface area contributed by atoms with E-state index in [-0.39, 0.29) is 37.2 Å². The van der Waals surface area contributed by atoms with Gasteiger partial charge in [0, 0.05) is 31.4 Å². The van der Waals surface area contributed by atoms with Crippen LogP contribution in [0.2, 0.25) is 0 Å². The second kappa shape index (κ2) is 17.7. The number of nitrogens with zero attached hydrogens (tertiary/aromatic N) is 4. The third-order valence-corrected chi connectivity index (χ3v) is 8.19. The van der Waals surface area contributed by atoms with Crippen LogP contribution in [0.25, 0.3) is 0 Å². The number of ether oxygens (including phenoxy) is 5. The minimum absolute atomic E-state index is 0.0498. The Kier molecular flexibility index (Phi) is 12.9. The van der Waals surface area contributed by atoms with Crippen LogP contribution in [0.15, 0.2) is 42.5 Å². The maximum atomic E-state index is 13.9. The smallest absolute Gasteiger partial charge is 0.410 e. The Morgan fingerprint density at radius 2 is 1.63 bits per heavy atom. The summed E-state index contributed by atoms with van der Waals surface area (Å²) in [5, 5.41) is 9.38. The van der Waals surface area contributed by atoms with Crippen LogP contribution in [0, 0.1) is 5.92 Å². The highest BCUT2D eigenvalue weighted by Gasteiger charge is 2.43. The molecule has 15 nitrogen and oxygen atoms in total.